The molecule has 6 heteroatoms. The number of carbonyl (C=O) groups is 1. The van der Waals surface area contributed by atoms with Crippen molar-refractivity contribution in [3.8, 4) is 11.5 Å². The van der Waals surface area contributed by atoms with Crippen molar-refractivity contribution in [1.29, 1.82) is 0 Å². The number of nitrogens with zero attached hydrogens (tertiary/aromatic N) is 1. The van der Waals surface area contributed by atoms with Gasteiger partial charge in [0.25, 0.3) is 0 Å². The third-order valence-electron chi connectivity index (χ3n) is 3.25. The van der Waals surface area contributed by atoms with Crippen molar-refractivity contribution in [3.05, 3.63) is 64.2 Å². The molecular formula is C17H17N3O2S. The first-order valence-corrected chi connectivity index (χ1v) is 8.15. The SMILES string of the molecule is Cc1nc(-c2ccc(CNC(=O)NCc3ccccc3)o2)cs1. The van der Waals surface area contributed by atoms with Gasteiger partial charge >= 0.3 is 6.03 Å². The van der Waals surface area contributed by atoms with Gasteiger partial charge in [0.05, 0.1) is 11.6 Å². The molecule has 5 nitrogen and oxygen atoms in total. The van der Waals surface area contributed by atoms with E-state index in [1.807, 2.05) is 54.8 Å². The summed E-state index contributed by atoms with van der Waals surface area (Å²) in [7, 11) is 0. The van der Waals surface area contributed by atoms with Gasteiger partial charge in [0.15, 0.2) is 5.76 Å². The number of hydrogen-bond donors (Lipinski definition) is 2. The van der Waals surface area contributed by atoms with Crippen LogP contribution >= 0.6 is 11.3 Å². The van der Waals surface area contributed by atoms with Crippen LogP contribution in [0.15, 0.2) is 52.3 Å². The van der Waals surface area contributed by atoms with Crippen LogP contribution in [0, 0.1) is 6.92 Å². The standard InChI is InChI=1S/C17H17N3O2S/c1-12-20-15(11-23-12)16-8-7-14(22-16)10-19-17(21)18-9-13-5-3-2-4-6-13/h2-8,11H,9-10H2,1H3,(H2,18,19,21). The lowest BCUT2D eigenvalue weighted by molar-refractivity contribution is 0.239. The molecule has 0 spiro atoms. The van der Waals surface area contributed by atoms with Gasteiger partial charge in [-0.15, -0.1) is 11.3 Å². The average molecular weight is 327 g/mol. The van der Waals surface area contributed by atoms with Crippen molar-refractivity contribution in [2.45, 2.75) is 20.0 Å². The molecular weight excluding hydrogens is 310 g/mol. The van der Waals surface area contributed by atoms with E-state index < -0.39 is 0 Å². The Bertz CT molecular complexity index is 780. The molecule has 2 aromatic heterocycles. The summed E-state index contributed by atoms with van der Waals surface area (Å²) in [6.07, 6.45) is 0. The molecule has 118 valence electrons. The van der Waals surface area contributed by atoms with Gasteiger partial charge in [0, 0.05) is 11.9 Å². The first-order valence-electron chi connectivity index (χ1n) is 7.27. The van der Waals surface area contributed by atoms with Gasteiger partial charge in [0.1, 0.15) is 11.5 Å². The fourth-order valence-corrected chi connectivity index (χ4v) is 2.70. The summed E-state index contributed by atoms with van der Waals surface area (Å²) in [5.74, 6) is 1.41. The second-order valence-corrected chi connectivity index (χ2v) is 6.10. The predicted octanol–water partition coefficient (Wildman–Crippen LogP) is 3.71. The molecule has 0 radical (unpaired) electrons. The second kappa shape index (κ2) is 7.11. The molecule has 0 saturated carbocycles. The zero-order chi connectivity index (χ0) is 16.1. The molecule has 0 aliphatic heterocycles. The maximum atomic E-state index is 11.8. The van der Waals surface area contributed by atoms with Gasteiger partial charge in [-0.05, 0) is 24.6 Å². The van der Waals surface area contributed by atoms with E-state index in [9.17, 15) is 4.79 Å². The predicted molar refractivity (Wildman–Crippen MR) is 90.1 cm³/mol. The number of urea groups is 1. The van der Waals surface area contributed by atoms with Crippen LogP contribution in [0.3, 0.4) is 0 Å². The number of furan rings is 1. The van der Waals surface area contributed by atoms with Gasteiger partial charge < -0.3 is 15.1 Å². The van der Waals surface area contributed by atoms with Crippen LogP contribution in [0.2, 0.25) is 0 Å². The zero-order valence-electron chi connectivity index (χ0n) is 12.7. The van der Waals surface area contributed by atoms with Crippen LogP contribution in [0.5, 0.6) is 0 Å². The highest BCUT2D eigenvalue weighted by Crippen LogP contribution is 2.23. The summed E-state index contributed by atoms with van der Waals surface area (Å²) in [5, 5.41) is 8.54. The van der Waals surface area contributed by atoms with Gasteiger partial charge in [-0.3, -0.25) is 0 Å². The number of thiazole rings is 1. The van der Waals surface area contributed by atoms with E-state index in [1.54, 1.807) is 11.3 Å². The first kappa shape index (κ1) is 15.3. The molecule has 0 saturated heterocycles. The molecule has 0 aliphatic carbocycles. The molecule has 2 heterocycles. The minimum atomic E-state index is -0.226. The van der Waals surface area contributed by atoms with Crippen LogP contribution in [0.25, 0.3) is 11.5 Å². The van der Waals surface area contributed by atoms with Gasteiger partial charge in [-0.25, -0.2) is 9.78 Å². The van der Waals surface area contributed by atoms with Crippen LogP contribution in [-0.2, 0) is 13.1 Å². The second-order valence-electron chi connectivity index (χ2n) is 5.04. The van der Waals surface area contributed by atoms with Crippen molar-refractivity contribution in [1.82, 2.24) is 15.6 Å². The number of amides is 2. The molecule has 23 heavy (non-hydrogen) atoms. The fourth-order valence-electron chi connectivity index (χ4n) is 2.10. The Hall–Kier alpha value is -2.60. The lowest BCUT2D eigenvalue weighted by Crippen LogP contribution is -2.34. The molecule has 0 unspecified atom stereocenters. The van der Waals surface area contributed by atoms with Crippen LogP contribution in [0.4, 0.5) is 4.79 Å². The van der Waals surface area contributed by atoms with Crippen LogP contribution in [0.1, 0.15) is 16.3 Å². The van der Waals surface area contributed by atoms with Crippen LogP contribution in [-0.4, -0.2) is 11.0 Å². The van der Waals surface area contributed by atoms with E-state index in [0.29, 0.717) is 18.8 Å². The summed E-state index contributed by atoms with van der Waals surface area (Å²) >= 11 is 1.58. The Morgan fingerprint density at radius 1 is 1.13 bits per heavy atom. The topological polar surface area (TPSA) is 67.2 Å². The highest BCUT2D eigenvalue weighted by atomic mass is 32.1. The summed E-state index contributed by atoms with van der Waals surface area (Å²) in [6.45, 7) is 2.79. The Morgan fingerprint density at radius 3 is 2.65 bits per heavy atom. The highest BCUT2D eigenvalue weighted by molar-refractivity contribution is 7.09. The van der Waals surface area contributed by atoms with Crippen molar-refractivity contribution in [3.63, 3.8) is 0 Å². The van der Waals surface area contributed by atoms with Gasteiger partial charge in [0.2, 0.25) is 0 Å². The molecule has 0 bridgehead atoms. The summed E-state index contributed by atoms with van der Waals surface area (Å²) in [4.78, 5) is 16.2. The number of aromatic nitrogens is 1. The zero-order valence-corrected chi connectivity index (χ0v) is 13.5. The van der Waals surface area contributed by atoms with E-state index in [-0.39, 0.29) is 6.03 Å². The van der Waals surface area contributed by atoms with Gasteiger partial charge in [-0.1, -0.05) is 30.3 Å². The largest absolute Gasteiger partial charge is 0.458 e. The van der Waals surface area contributed by atoms with E-state index in [2.05, 4.69) is 15.6 Å². The number of nitrogens with one attached hydrogen (secondary N) is 2. The van der Waals surface area contributed by atoms with E-state index >= 15 is 0 Å². The van der Waals surface area contributed by atoms with E-state index in [1.165, 1.54) is 0 Å². The maximum Gasteiger partial charge on any atom is 0.315 e. The van der Waals surface area contributed by atoms with Gasteiger partial charge in [-0.2, -0.15) is 0 Å². The Balaban J connectivity index is 1.48. The number of hydrogen-bond acceptors (Lipinski definition) is 4. The van der Waals surface area contributed by atoms with E-state index in [4.69, 9.17) is 4.42 Å². The third-order valence-corrected chi connectivity index (χ3v) is 4.03. The Morgan fingerprint density at radius 2 is 1.91 bits per heavy atom. The summed E-state index contributed by atoms with van der Waals surface area (Å²) < 4.78 is 5.70. The summed E-state index contributed by atoms with van der Waals surface area (Å²) in [5.41, 5.74) is 1.88. The third kappa shape index (κ3) is 4.20. The Kier molecular flexibility index (Phi) is 4.73. The first-order chi connectivity index (χ1) is 11.2. The van der Waals surface area contributed by atoms with Crippen molar-refractivity contribution >= 4 is 17.4 Å². The molecule has 0 fully saturated rings. The molecule has 0 aliphatic rings. The highest BCUT2D eigenvalue weighted by Gasteiger charge is 2.08. The lowest BCUT2D eigenvalue weighted by atomic mass is 10.2. The molecule has 3 aromatic rings. The number of rotatable bonds is 5. The normalized spacial score (nSPS) is 10.5. The minimum Gasteiger partial charge on any atom is -0.458 e. The molecule has 2 N–H and O–H groups in total. The lowest BCUT2D eigenvalue weighted by Gasteiger charge is -2.06. The minimum absolute atomic E-state index is 0.226. The number of benzene rings is 1. The molecule has 1 aromatic carbocycles. The number of carbonyl (C=O) groups excluding carboxylic acids is 1. The number of aryl methyl sites for hydroxylation is 1. The van der Waals surface area contributed by atoms with Crippen LogP contribution < -0.4 is 10.6 Å². The van der Waals surface area contributed by atoms with Crippen molar-refractivity contribution < 1.29 is 9.21 Å². The maximum absolute atomic E-state index is 11.8. The average Bonchev–Trinajstić information content (AvgIpc) is 3.20. The molecule has 3 rings (SSSR count). The molecule has 0 atom stereocenters. The fraction of sp³-hybridized carbons (Fsp3) is 0.176. The molecule has 2 amide bonds. The monoisotopic (exact) mass is 327 g/mol. The van der Waals surface area contributed by atoms with Crippen molar-refractivity contribution in [2.24, 2.45) is 0 Å². The van der Waals surface area contributed by atoms with Crippen molar-refractivity contribution in [2.75, 3.05) is 0 Å². The quantitative estimate of drug-likeness (QED) is 0.750. The summed E-state index contributed by atoms with van der Waals surface area (Å²) in [6, 6.07) is 13.3. The van der Waals surface area contributed by atoms with E-state index in [0.717, 1.165) is 22.0 Å². The Labute approximate surface area is 138 Å². The smallest absolute Gasteiger partial charge is 0.315 e.